The van der Waals surface area contributed by atoms with Gasteiger partial charge in [0.1, 0.15) is 5.69 Å². The van der Waals surface area contributed by atoms with Crippen molar-refractivity contribution in [3.63, 3.8) is 0 Å². The van der Waals surface area contributed by atoms with Gasteiger partial charge in [-0.25, -0.2) is 4.98 Å². The van der Waals surface area contributed by atoms with Gasteiger partial charge in [0.05, 0.1) is 17.5 Å². The molecule has 1 saturated heterocycles. The van der Waals surface area contributed by atoms with Crippen LogP contribution >= 0.6 is 24.8 Å². The number of carbonyl (C=O) groups excluding carboxylic acids is 1. The lowest BCUT2D eigenvalue weighted by Crippen LogP contribution is -2.52. The van der Waals surface area contributed by atoms with E-state index in [1.54, 1.807) is 6.26 Å². The molecule has 3 heterocycles. The molecule has 0 saturated carbocycles. The van der Waals surface area contributed by atoms with Crippen molar-refractivity contribution < 1.29 is 9.21 Å². The zero-order chi connectivity index (χ0) is 14.8. The van der Waals surface area contributed by atoms with Crippen LogP contribution in [0.25, 0.3) is 11.5 Å². The molecule has 7 heteroatoms. The van der Waals surface area contributed by atoms with Crippen LogP contribution in [-0.4, -0.2) is 41.5 Å². The van der Waals surface area contributed by atoms with Gasteiger partial charge in [0.15, 0.2) is 5.76 Å². The van der Waals surface area contributed by atoms with Crippen LogP contribution in [0.1, 0.15) is 23.0 Å². The normalized spacial score (nSPS) is 17.1. The number of halogens is 2. The minimum atomic E-state index is 0. The molecule has 1 amide bonds. The van der Waals surface area contributed by atoms with Gasteiger partial charge in [-0.15, -0.1) is 24.8 Å². The molecule has 0 bridgehead atoms. The van der Waals surface area contributed by atoms with Crippen LogP contribution in [-0.2, 0) is 0 Å². The van der Waals surface area contributed by atoms with Gasteiger partial charge >= 0.3 is 0 Å². The highest BCUT2D eigenvalue weighted by molar-refractivity contribution is 5.95. The Labute approximate surface area is 148 Å². The summed E-state index contributed by atoms with van der Waals surface area (Å²) in [7, 11) is 0. The van der Waals surface area contributed by atoms with Gasteiger partial charge in [0.2, 0.25) is 0 Å². The number of furan rings is 1. The summed E-state index contributed by atoms with van der Waals surface area (Å²) < 4.78 is 5.34. The summed E-state index contributed by atoms with van der Waals surface area (Å²) in [6.45, 7) is 6.34. The summed E-state index contributed by atoms with van der Waals surface area (Å²) in [4.78, 5) is 19.1. The van der Waals surface area contributed by atoms with E-state index >= 15 is 0 Å². The number of nitrogens with zero attached hydrogens (tertiary/aromatic N) is 2. The monoisotopic (exact) mass is 357 g/mol. The lowest BCUT2D eigenvalue weighted by atomic mass is 10.1. The number of aryl methyl sites for hydroxylation is 1. The number of piperazine rings is 1. The molecule has 1 fully saturated rings. The first-order valence-corrected chi connectivity index (χ1v) is 7.20. The van der Waals surface area contributed by atoms with Crippen molar-refractivity contribution in [1.82, 2.24) is 15.2 Å². The van der Waals surface area contributed by atoms with E-state index in [9.17, 15) is 4.79 Å². The molecule has 0 spiro atoms. The predicted molar refractivity (Wildman–Crippen MR) is 94.5 cm³/mol. The van der Waals surface area contributed by atoms with E-state index < -0.39 is 0 Å². The molecule has 1 aliphatic heterocycles. The van der Waals surface area contributed by atoms with Crippen LogP contribution in [0.4, 0.5) is 0 Å². The standard InChI is InChI=1S/C16H19N3O2.2ClH/c1-11-10-17-7-8-19(11)16(20)13-5-6-14(18-12(13)2)15-4-3-9-21-15;;/h3-6,9,11,17H,7-8,10H2,1-2H3;2*1H/t11-;;/m0../s1. The molecule has 2 aromatic rings. The largest absolute Gasteiger partial charge is 0.463 e. The van der Waals surface area contributed by atoms with Crippen LogP contribution < -0.4 is 5.32 Å². The minimum Gasteiger partial charge on any atom is -0.463 e. The third-order valence-electron chi connectivity index (χ3n) is 3.85. The molecule has 1 N–H and O–H groups in total. The van der Waals surface area contributed by atoms with Crippen molar-refractivity contribution in [2.75, 3.05) is 19.6 Å². The molecule has 3 rings (SSSR count). The Morgan fingerprint density at radius 1 is 1.35 bits per heavy atom. The van der Waals surface area contributed by atoms with Crippen LogP contribution in [0.15, 0.2) is 34.9 Å². The number of hydrogen-bond donors (Lipinski definition) is 1. The van der Waals surface area contributed by atoms with Gasteiger partial charge in [-0.2, -0.15) is 0 Å². The summed E-state index contributed by atoms with van der Waals surface area (Å²) in [6, 6.07) is 7.58. The zero-order valence-corrected chi connectivity index (χ0v) is 14.7. The van der Waals surface area contributed by atoms with Crippen LogP contribution in [0.3, 0.4) is 0 Å². The molecule has 1 aliphatic rings. The molecule has 23 heavy (non-hydrogen) atoms. The van der Waals surface area contributed by atoms with E-state index in [0.29, 0.717) is 11.3 Å². The van der Waals surface area contributed by atoms with E-state index in [2.05, 4.69) is 17.2 Å². The highest BCUT2D eigenvalue weighted by Crippen LogP contribution is 2.20. The van der Waals surface area contributed by atoms with Crippen molar-refractivity contribution in [2.24, 2.45) is 0 Å². The fourth-order valence-electron chi connectivity index (χ4n) is 2.65. The molecular formula is C16H21Cl2N3O2. The van der Waals surface area contributed by atoms with Crippen LogP contribution in [0.5, 0.6) is 0 Å². The Balaban J connectivity index is 0.00000132. The Morgan fingerprint density at radius 3 is 2.74 bits per heavy atom. The number of aromatic nitrogens is 1. The number of rotatable bonds is 2. The third-order valence-corrected chi connectivity index (χ3v) is 3.85. The minimum absolute atomic E-state index is 0. The second kappa shape index (κ2) is 8.34. The van der Waals surface area contributed by atoms with E-state index in [1.807, 2.05) is 36.1 Å². The first-order chi connectivity index (χ1) is 10.2. The summed E-state index contributed by atoms with van der Waals surface area (Å²) in [5, 5.41) is 3.29. The number of carbonyl (C=O) groups is 1. The van der Waals surface area contributed by atoms with E-state index in [4.69, 9.17) is 4.42 Å². The summed E-state index contributed by atoms with van der Waals surface area (Å²) in [6.07, 6.45) is 1.62. The van der Waals surface area contributed by atoms with Crippen molar-refractivity contribution >= 4 is 30.7 Å². The Morgan fingerprint density at radius 2 is 2.13 bits per heavy atom. The quantitative estimate of drug-likeness (QED) is 0.897. The fraction of sp³-hybridized carbons (Fsp3) is 0.375. The fourth-order valence-corrected chi connectivity index (χ4v) is 2.65. The van der Waals surface area contributed by atoms with Crippen molar-refractivity contribution in [2.45, 2.75) is 19.9 Å². The molecule has 2 aromatic heterocycles. The first kappa shape index (κ1) is 19.5. The van der Waals surface area contributed by atoms with Gasteiger partial charge in [-0.05, 0) is 38.1 Å². The highest BCUT2D eigenvalue weighted by Gasteiger charge is 2.25. The smallest absolute Gasteiger partial charge is 0.256 e. The average Bonchev–Trinajstić information content (AvgIpc) is 3.01. The second-order valence-corrected chi connectivity index (χ2v) is 5.36. The number of amides is 1. The maximum atomic E-state index is 12.7. The van der Waals surface area contributed by atoms with Crippen LogP contribution in [0.2, 0.25) is 0 Å². The maximum absolute atomic E-state index is 12.7. The number of nitrogens with one attached hydrogen (secondary N) is 1. The number of hydrogen-bond acceptors (Lipinski definition) is 4. The summed E-state index contributed by atoms with van der Waals surface area (Å²) in [5.74, 6) is 0.771. The van der Waals surface area contributed by atoms with Gasteiger partial charge in [0, 0.05) is 25.7 Å². The molecule has 5 nitrogen and oxygen atoms in total. The zero-order valence-electron chi connectivity index (χ0n) is 13.1. The van der Waals surface area contributed by atoms with Gasteiger partial charge in [0.25, 0.3) is 5.91 Å². The predicted octanol–water partition coefficient (Wildman–Crippen LogP) is 2.93. The average molecular weight is 358 g/mol. The first-order valence-electron chi connectivity index (χ1n) is 7.20. The Hall–Kier alpha value is -1.56. The third kappa shape index (κ3) is 4.05. The SMILES string of the molecule is Cc1nc(-c2ccco2)ccc1C(=O)N1CCNC[C@@H]1C.Cl.Cl. The molecule has 0 radical (unpaired) electrons. The highest BCUT2D eigenvalue weighted by atomic mass is 35.5. The topological polar surface area (TPSA) is 58.4 Å². The van der Waals surface area contributed by atoms with E-state index in [0.717, 1.165) is 31.0 Å². The lowest BCUT2D eigenvalue weighted by Gasteiger charge is -2.34. The number of pyridine rings is 1. The second-order valence-electron chi connectivity index (χ2n) is 5.36. The van der Waals surface area contributed by atoms with Crippen molar-refractivity contribution in [3.05, 3.63) is 41.8 Å². The molecule has 0 aromatic carbocycles. The van der Waals surface area contributed by atoms with Gasteiger partial charge in [-0.1, -0.05) is 0 Å². The lowest BCUT2D eigenvalue weighted by molar-refractivity contribution is 0.0654. The summed E-state index contributed by atoms with van der Waals surface area (Å²) in [5.41, 5.74) is 2.15. The van der Waals surface area contributed by atoms with Gasteiger partial charge in [-0.3, -0.25) is 4.79 Å². The van der Waals surface area contributed by atoms with Gasteiger partial charge < -0.3 is 14.6 Å². The molecule has 126 valence electrons. The Bertz CT molecular complexity index is 647. The maximum Gasteiger partial charge on any atom is 0.256 e. The van der Waals surface area contributed by atoms with E-state index in [-0.39, 0.29) is 36.8 Å². The van der Waals surface area contributed by atoms with Crippen molar-refractivity contribution in [3.8, 4) is 11.5 Å². The molecule has 1 atom stereocenters. The van der Waals surface area contributed by atoms with Crippen LogP contribution in [0, 0.1) is 6.92 Å². The van der Waals surface area contributed by atoms with Crippen molar-refractivity contribution in [1.29, 1.82) is 0 Å². The molecular weight excluding hydrogens is 337 g/mol. The Kier molecular flexibility index (Phi) is 7.06. The molecule has 0 unspecified atom stereocenters. The molecule has 0 aliphatic carbocycles. The van der Waals surface area contributed by atoms with E-state index in [1.165, 1.54) is 0 Å². The summed E-state index contributed by atoms with van der Waals surface area (Å²) >= 11 is 0.